The summed E-state index contributed by atoms with van der Waals surface area (Å²) in [5.41, 5.74) is 5.96. The fraction of sp³-hybridized carbons (Fsp3) is 0.333. The lowest BCUT2D eigenvalue weighted by Crippen LogP contribution is -2.54. The number of carboxylic acid groups (broad SMARTS) is 1. The molecule has 4 aromatic carbocycles. The number of aliphatic hydroxyl groups is 1. The molecule has 400 valence electrons. The third-order valence-electron chi connectivity index (χ3n) is 12.7. The number of aliphatic hydroxyl groups excluding tert-OH is 1. The second-order valence-corrected chi connectivity index (χ2v) is 19.9. The van der Waals surface area contributed by atoms with Gasteiger partial charge in [0.25, 0.3) is 23.5 Å². The van der Waals surface area contributed by atoms with Crippen LogP contribution in [0.25, 0.3) is 0 Å². The fourth-order valence-corrected chi connectivity index (χ4v) is 10.2. The molecule has 75 heavy (non-hydrogen) atoms. The molecule has 0 radical (unpaired) electrons. The second-order valence-electron chi connectivity index (χ2n) is 17.3. The van der Waals surface area contributed by atoms with E-state index in [1.807, 2.05) is 27.7 Å². The molecule has 6 amide bonds. The summed E-state index contributed by atoms with van der Waals surface area (Å²) in [6.45, 7) is 9.69. The van der Waals surface area contributed by atoms with Crippen LogP contribution >= 0.6 is 69.6 Å². The number of carboxylic acids is 1. The molecule has 0 saturated carbocycles. The number of nitrogens with zero attached hydrogens (tertiary/aromatic N) is 2. The summed E-state index contributed by atoms with van der Waals surface area (Å²) < 4.78 is 10.3. The fourth-order valence-electron chi connectivity index (χ4n) is 8.67. The quantitative estimate of drug-likeness (QED) is 0.0675. The number of imide groups is 2. The number of carbonyl (C=O) groups excluding carboxylic acids is 7. The van der Waals surface area contributed by atoms with Crippen molar-refractivity contribution >= 4 is 140 Å². The summed E-state index contributed by atoms with van der Waals surface area (Å²) >= 11 is 36.2. The molecule has 2 saturated heterocycles. The van der Waals surface area contributed by atoms with Crippen LogP contribution in [0.15, 0.2) is 72.8 Å². The molecule has 5 heterocycles. The number of amides is 6. The van der Waals surface area contributed by atoms with Gasteiger partial charge in [-0.2, -0.15) is 0 Å². The van der Waals surface area contributed by atoms with Gasteiger partial charge in [-0.25, -0.2) is 9.80 Å². The number of ether oxygens (including phenoxy) is 2. The van der Waals surface area contributed by atoms with Crippen molar-refractivity contribution in [2.45, 2.75) is 65.1 Å². The maximum atomic E-state index is 14.0. The Balaban J connectivity index is 0.000000209. The summed E-state index contributed by atoms with van der Waals surface area (Å²) in [6, 6.07) is 14.4. The number of Topliss-reactive ketones (excluding diaryl/α,β-unsaturated/α-hetero) is 1. The zero-order chi connectivity index (χ0) is 56.0. The third kappa shape index (κ3) is 12.6. The smallest absolute Gasteiger partial charge is 0.320 e. The lowest BCUT2D eigenvalue weighted by atomic mass is 9.75. The summed E-state index contributed by atoms with van der Waals surface area (Å²) in [7, 11) is 2.96. The highest BCUT2D eigenvalue weighted by Crippen LogP contribution is 2.56. The topological polar surface area (TPSA) is 264 Å². The van der Waals surface area contributed by atoms with E-state index < -0.39 is 58.9 Å². The maximum Gasteiger partial charge on any atom is 0.320 e. The predicted octanol–water partition coefficient (Wildman–Crippen LogP) is 8.98. The molecule has 4 aromatic rings. The van der Waals surface area contributed by atoms with E-state index in [0.29, 0.717) is 59.9 Å². The van der Waals surface area contributed by atoms with E-state index in [9.17, 15) is 38.4 Å². The Morgan fingerprint density at radius 3 is 1.67 bits per heavy atom. The molecule has 0 aliphatic carbocycles. The zero-order valence-electron chi connectivity index (χ0n) is 41.2. The first-order valence-electron chi connectivity index (χ1n) is 23.0. The highest BCUT2D eigenvalue weighted by Gasteiger charge is 2.71. The first-order valence-corrected chi connectivity index (χ1v) is 25.3. The van der Waals surface area contributed by atoms with Crippen molar-refractivity contribution in [1.82, 2.24) is 5.32 Å². The van der Waals surface area contributed by atoms with Gasteiger partial charge in [0.15, 0.2) is 0 Å². The van der Waals surface area contributed by atoms with Crippen LogP contribution in [0.5, 0.6) is 11.5 Å². The largest absolute Gasteiger partial charge is 0.497 e. The van der Waals surface area contributed by atoms with E-state index in [1.54, 1.807) is 37.3 Å². The first-order chi connectivity index (χ1) is 35.3. The van der Waals surface area contributed by atoms with Crippen molar-refractivity contribution in [3.05, 3.63) is 114 Å². The molecule has 7 atom stereocenters. The third-order valence-corrected chi connectivity index (χ3v) is 14.2. The van der Waals surface area contributed by atoms with Crippen molar-refractivity contribution in [3.8, 4) is 11.5 Å². The number of carbonyl (C=O) groups is 8. The zero-order valence-corrected chi connectivity index (χ0v) is 45.8. The molecule has 2 fully saturated rings. The number of nitrogens with two attached hydrogens (primary N) is 1. The van der Waals surface area contributed by atoms with Crippen LogP contribution in [0.2, 0.25) is 30.1 Å². The average molecular weight is 1150 g/mol. The number of benzene rings is 4. The van der Waals surface area contributed by atoms with E-state index in [2.05, 4.69) is 16.0 Å². The average Bonchev–Trinajstić information content (AvgIpc) is 4.13. The van der Waals surface area contributed by atoms with Crippen molar-refractivity contribution in [2.75, 3.05) is 41.3 Å². The Labute approximate surface area is 461 Å². The van der Waals surface area contributed by atoms with Crippen LogP contribution in [-0.4, -0.2) is 90.3 Å². The minimum Gasteiger partial charge on any atom is -0.497 e. The monoisotopic (exact) mass is 1150 g/mol. The summed E-state index contributed by atoms with van der Waals surface area (Å²) in [6.07, 6.45) is 3.99. The van der Waals surface area contributed by atoms with Crippen LogP contribution in [-0.2, 0) is 39.1 Å². The number of nitrogens with one attached hydrogen (secondary N) is 3. The van der Waals surface area contributed by atoms with Gasteiger partial charge in [-0.1, -0.05) is 110 Å². The Hall–Kier alpha value is -5.80. The molecule has 0 aromatic heterocycles. The SMILES string of the molecule is CCC(C)C(N)C(=O)O.CCC(C)C1NC2(C(=O)Nc3c(Cl)cc(Cl)cc32)C2C(=O)N(c3cc(Cl)cc(OC)c3)C(=O)C12.CCO.COc1cc(Cl)cc(N2C(=O)C=CC2=O)c1.O=C1Nc2c(Cl)cc(Cl)cc2C1=O. The lowest BCUT2D eigenvalue weighted by Gasteiger charge is -2.31. The molecule has 7 unspecified atom stereocenters. The number of rotatable bonds is 9. The highest BCUT2D eigenvalue weighted by molar-refractivity contribution is 6.54. The number of halogens is 6. The molecule has 9 rings (SSSR count). The molecule has 5 aliphatic heterocycles. The van der Waals surface area contributed by atoms with E-state index in [1.165, 1.54) is 56.7 Å². The van der Waals surface area contributed by atoms with E-state index >= 15 is 0 Å². The van der Waals surface area contributed by atoms with Gasteiger partial charge >= 0.3 is 5.97 Å². The van der Waals surface area contributed by atoms with E-state index in [-0.39, 0.29) is 51.8 Å². The Morgan fingerprint density at radius 1 is 0.693 bits per heavy atom. The summed E-state index contributed by atoms with van der Waals surface area (Å²) in [5, 5.41) is 26.5. The number of methoxy groups -OCH3 is 2. The van der Waals surface area contributed by atoms with E-state index in [4.69, 9.17) is 95.0 Å². The van der Waals surface area contributed by atoms with Gasteiger partial charge in [-0.3, -0.25) is 43.7 Å². The predicted molar refractivity (Wildman–Crippen MR) is 288 cm³/mol. The Morgan fingerprint density at radius 2 is 1.19 bits per heavy atom. The van der Waals surface area contributed by atoms with Gasteiger partial charge in [-0.05, 0) is 67.3 Å². The Bertz CT molecular complexity index is 2960. The van der Waals surface area contributed by atoms with Crippen LogP contribution in [0, 0.1) is 23.7 Å². The number of fused-ring (bicyclic) bond motifs is 5. The van der Waals surface area contributed by atoms with Gasteiger partial charge in [0.05, 0.1) is 64.4 Å². The molecule has 7 N–H and O–H groups in total. The van der Waals surface area contributed by atoms with Gasteiger partial charge < -0.3 is 36.1 Å². The van der Waals surface area contributed by atoms with Gasteiger partial charge in [0, 0.05) is 62.6 Å². The molecule has 24 heteroatoms. The standard InChI is InChI=1S/C24H22Cl3N3O4.C11H8ClNO3.C8H3Cl2NO2.C6H13NO2.C2H6O/c1-4-10(2)19-17-18(22(32)30(21(17)31)13-5-11(25)6-14(9-13)34-3)24(29-19)15-7-12(26)8-16(27)20(15)28-23(24)33;1-16-9-5-7(12)4-8(6-9)13-10(14)2-3-11(13)15;9-3-1-4-6(5(10)2-3)11-8(13)7(4)12;1-3-4(2)5(7)6(8)9;1-2-3/h5-10,17-19,29H,4H2,1-3H3,(H,28,33);2-6H,1H3;1-2H,(H,11,12,13);4-5H,3,7H2,1-2H3,(H,8,9);3H,2H2,1H3. The van der Waals surface area contributed by atoms with Gasteiger partial charge in [0.2, 0.25) is 17.7 Å². The summed E-state index contributed by atoms with van der Waals surface area (Å²) in [4.78, 5) is 98.7. The van der Waals surface area contributed by atoms with Crippen LogP contribution in [0.1, 0.15) is 63.4 Å². The van der Waals surface area contributed by atoms with Gasteiger partial charge in [-0.15, -0.1) is 0 Å². The summed E-state index contributed by atoms with van der Waals surface area (Å²) in [5.74, 6) is -5.01. The molecular weight excluding hydrogens is 1100 g/mol. The molecule has 18 nitrogen and oxygen atoms in total. The Kier molecular flexibility index (Phi) is 20.3. The lowest BCUT2D eigenvalue weighted by molar-refractivity contribution is -0.139. The number of anilines is 4. The van der Waals surface area contributed by atoms with E-state index in [0.717, 1.165) is 22.6 Å². The maximum absolute atomic E-state index is 14.0. The number of hydrogen-bond donors (Lipinski definition) is 6. The molecule has 0 bridgehead atoms. The van der Waals surface area contributed by atoms with Crippen LogP contribution in [0.4, 0.5) is 22.7 Å². The molecule has 5 aliphatic rings. The highest BCUT2D eigenvalue weighted by atomic mass is 35.5. The minimum atomic E-state index is -1.48. The molecular formula is C51H52Cl6N6O12. The minimum absolute atomic E-state index is 0.00368. The van der Waals surface area contributed by atoms with Gasteiger partial charge in [0.1, 0.15) is 23.1 Å². The second kappa shape index (κ2) is 25.4. The first kappa shape index (κ1) is 60.1. The van der Waals surface area contributed by atoms with Crippen molar-refractivity contribution in [2.24, 2.45) is 29.4 Å². The number of ketones is 1. The van der Waals surface area contributed by atoms with Crippen molar-refractivity contribution in [3.63, 3.8) is 0 Å². The number of aliphatic carboxylic acids is 1. The van der Waals surface area contributed by atoms with Crippen molar-refractivity contribution < 1.29 is 58.0 Å². The van der Waals surface area contributed by atoms with Crippen LogP contribution in [0.3, 0.4) is 0 Å². The van der Waals surface area contributed by atoms with Crippen LogP contribution < -0.4 is 41.0 Å². The number of hydrogen-bond acceptors (Lipinski definition) is 13. The normalized spacial score (nSPS) is 20.7. The van der Waals surface area contributed by atoms with Crippen molar-refractivity contribution in [1.29, 1.82) is 0 Å². The molecule has 1 spiro atoms.